The van der Waals surface area contributed by atoms with Gasteiger partial charge in [-0.1, -0.05) is 13.3 Å². The van der Waals surface area contributed by atoms with Crippen molar-refractivity contribution >= 4 is 11.3 Å². The molecule has 0 saturated carbocycles. The summed E-state index contributed by atoms with van der Waals surface area (Å²) in [6.07, 6.45) is 6.52. The average molecular weight is 300 g/mol. The lowest BCUT2D eigenvalue weighted by atomic mass is 9.87. The standard InChI is InChI=1S/C16H16N2O2S/c1-2-10-5-6-13-11(8-10)9-14(21-13)16-18-17-15(20-16)12-4-3-7-19-12/h3-4,7,9-10H,2,5-6,8H2,1H3/t10-/m1/s1. The fourth-order valence-electron chi connectivity index (χ4n) is 2.88. The summed E-state index contributed by atoms with van der Waals surface area (Å²) in [5.41, 5.74) is 1.46. The van der Waals surface area contributed by atoms with E-state index >= 15 is 0 Å². The Hall–Kier alpha value is -1.88. The number of hydrogen-bond donors (Lipinski definition) is 0. The van der Waals surface area contributed by atoms with E-state index in [9.17, 15) is 0 Å². The van der Waals surface area contributed by atoms with Crippen LogP contribution in [-0.2, 0) is 12.8 Å². The van der Waals surface area contributed by atoms with Crippen LogP contribution in [-0.4, -0.2) is 10.2 Å². The molecule has 0 amide bonds. The zero-order chi connectivity index (χ0) is 14.2. The highest BCUT2D eigenvalue weighted by Gasteiger charge is 2.22. The van der Waals surface area contributed by atoms with Crippen LogP contribution in [0.3, 0.4) is 0 Å². The van der Waals surface area contributed by atoms with E-state index in [2.05, 4.69) is 23.2 Å². The number of aryl methyl sites for hydroxylation is 1. The van der Waals surface area contributed by atoms with E-state index in [0.29, 0.717) is 17.5 Å². The van der Waals surface area contributed by atoms with Gasteiger partial charge in [-0.15, -0.1) is 21.5 Å². The summed E-state index contributed by atoms with van der Waals surface area (Å²) >= 11 is 1.78. The van der Waals surface area contributed by atoms with E-state index in [1.54, 1.807) is 17.6 Å². The van der Waals surface area contributed by atoms with Gasteiger partial charge in [-0.3, -0.25) is 0 Å². The van der Waals surface area contributed by atoms with Gasteiger partial charge in [-0.25, -0.2) is 0 Å². The summed E-state index contributed by atoms with van der Waals surface area (Å²) in [7, 11) is 0. The van der Waals surface area contributed by atoms with Crippen LogP contribution in [0, 0.1) is 5.92 Å². The number of furan rings is 1. The molecule has 0 saturated heterocycles. The SMILES string of the molecule is CC[C@@H]1CCc2sc(-c3nnc(-c4ccco4)o3)cc2C1. The third-order valence-corrected chi connectivity index (χ3v) is 5.36. The molecule has 1 atom stereocenters. The topological polar surface area (TPSA) is 52.1 Å². The quantitative estimate of drug-likeness (QED) is 0.711. The van der Waals surface area contributed by atoms with Crippen molar-refractivity contribution in [2.45, 2.75) is 32.6 Å². The normalized spacial score (nSPS) is 17.9. The Morgan fingerprint density at radius 2 is 2.24 bits per heavy atom. The highest BCUT2D eigenvalue weighted by molar-refractivity contribution is 7.15. The molecule has 3 heterocycles. The van der Waals surface area contributed by atoms with Gasteiger partial charge in [0.15, 0.2) is 5.76 Å². The van der Waals surface area contributed by atoms with Gasteiger partial charge in [0.2, 0.25) is 0 Å². The molecule has 21 heavy (non-hydrogen) atoms. The monoisotopic (exact) mass is 300 g/mol. The second-order valence-electron chi connectivity index (χ2n) is 5.47. The molecule has 0 spiro atoms. The van der Waals surface area contributed by atoms with Crippen LogP contribution in [0.5, 0.6) is 0 Å². The van der Waals surface area contributed by atoms with E-state index in [0.717, 1.165) is 10.8 Å². The lowest BCUT2D eigenvalue weighted by molar-refractivity contribution is 0.449. The molecule has 0 bridgehead atoms. The smallest absolute Gasteiger partial charge is 0.283 e. The minimum Gasteiger partial charge on any atom is -0.459 e. The minimum atomic E-state index is 0.438. The van der Waals surface area contributed by atoms with Crippen molar-refractivity contribution < 1.29 is 8.83 Å². The van der Waals surface area contributed by atoms with Crippen molar-refractivity contribution in [3.8, 4) is 22.4 Å². The van der Waals surface area contributed by atoms with Gasteiger partial charge >= 0.3 is 0 Å². The summed E-state index contributed by atoms with van der Waals surface area (Å²) in [5, 5.41) is 8.23. The molecule has 108 valence electrons. The Morgan fingerprint density at radius 1 is 1.33 bits per heavy atom. The first-order valence-corrected chi connectivity index (χ1v) is 8.14. The van der Waals surface area contributed by atoms with Crippen LogP contribution in [0.25, 0.3) is 22.4 Å². The lowest BCUT2D eigenvalue weighted by Crippen LogP contribution is -2.10. The molecule has 1 aliphatic rings. The van der Waals surface area contributed by atoms with Crippen molar-refractivity contribution in [1.29, 1.82) is 0 Å². The van der Waals surface area contributed by atoms with Crippen LogP contribution in [0.2, 0.25) is 0 Å². The van der Waals surface area contributed by atoms with Gasteiger partial charge in [0.1, 0.15) is 0 Å². The third-order valence-electron chi connectivity index (χ3n) is 4.13. The van der Waals surface area contributed by atoms with Crippen molar-refractivity contribution in [2.24, 2.45) is 5.92 Å². The molecule has 3 aromatic heterocycles. The number of fused-ring (bicyclic) bond motifs is 1. The Bertz CT molecular complexity index is 742. The Balaban J connectivity index is 1.64. The molecular weight excluding hydrogens is 284 g/mol. The predicted octanol–water partition coefficient (Wildman–Crippen LogP) is 4.57. The molecule has 0 N–H and O–H groups in total. The second-order valence-corrected chi connectivity index (χ2v) is 6.60. The molecule has 4 nitrogen and oxygen atoms in total. The largest absolute Gasteiger partial charge is 0.459 e. The maximum Gasteiger partial charge on any atom is 0.283 e. The molecule has 0 aliphatic heterocycles. The lowest BCUT2D eigenvalue weighted by Gasteiger charge is -2.19. The van der Waals surface area contributed by atoms with Gasteiger partial charge in [0.05, 0.1) is 11.1 Å². The number of aromatic nitrogens is 2. The fourth-order valence-corrected chi connectivity index (χ4v) is 4.01. The van der Waals surface area contributed by atoms with Crippen molar-refractivity contribution in [3.05, 3.63) is 34.9 Å². The Labute approximate surface area is 126 Å². The van der Waals surface area contributed by atoms with Crippen LogP contribution < -0.4 is 0 Å². The van der Waals surface area contributed by atoms with Crippen molar-refractivity contribution in [1.82, 2.24) is 10.2 Å². The van der Waals surface area contributed by atoms with Crippen molar-refractivity contribution in [2.75, 3.05) is 0 Å². The van der Waals surface area contributed by atoms with Gasteiger partial charge in [-0.2, -0.15) is 0 Å². The van der Waals surface area contributed by atoms with E-state index < -0.39 is 0 Å². The average Bonchev–Trinajstić information content (AvgIpc) is 3.23. The first-order chi connectivity index (χ1) is 10.3. The van der Waals surface area contributed by atoms with Crippen LogP contribution in [0.4, 0.5) is 0 Å². The molecule has 5 heteroatoms. The van der Waals surface area contributed by atoms with Gasteiger partial charge in [-0.05, 0) is 48.9 Å². The van der Waals surface area contributed by atoms with Crippen LogP contribution in [0.15, 0.2) is 33.3 Å². The highest BCUT2D eigenvalue weighted by Crippen LogP contribution is 2.38. The summed E-state index contributed by atoms with van der Waals surface area (Å²) in [6, 6.07) is 5.86. The molecular formula is C16H16N2O2S. The zero-order valence-electron chi connectivity index (χ0n) is 11.8. The van der Waals surface area contributed by atoms with E-state index in [-0.39, 0.29) is 0 Å². The fraction of sp³-hybridized carbons (Fsp3) is 0.375. The number of hydrogen-bond acceptors (Lipinski definition) is 5. The molecule has 0 aromatic carbocycles. The molecule has 4 rings (SSSR count). The molecule has 0 radical (unpaired) electrons. The van der Waals surface area contributed by atoms with Gasteiger partial charge < -0.3 is 8.83 Å². The number of nitrogens with zero attached hydrogens (tertiary/aromatic N) is 2. The second kappa shape index (κ2) is 5.15. The minimum absolute atomic E-state index is 0.438. The Morgan fingerprint density at radius 3 is 3.05 bits per heavy atom. The highest BCUT2D eigenvalue weighted by atomic mass is 32.1. The summed E-state index contributed by atoms with van der Waals surface area (Å²) in [4.78, 5) is 2.55. The molecule has 1 aliphatic carbocycles. The summed E-state index contributed by atoms with van der Waals surface area (Å²) in [6.45, 7) is 2.27. The maximum atomic E-state index is 5.74. The van der Waals surface area contributed by atoms with Crippen LogP contribution >= 0.6 is 11.3 Å². The molecule has 0 unspecified atom stereocenters. The predicted molar refractivity (Wildman–Crippen MR) is 81.1 cm³/mol. The molecule has 0 fully saturated rings. The number of thiophene rings is 1. The van der Waals surface area contributed by atoms with Crippen LogP contribution in [0.1, 0.15) is 30.2 Å². The van der Waals surface area contributed by atoms with Gasteiger partial charge in [0, 0.05) is 4.88 Å². The third kappa shape index (κ3) is 2.31. The van der Waals surface area contributed by atoms with E-state index in [4.69, 9.17) is 8.83 Å². The first kappa shape index (κ1) is 12.8. The Kier molecular flexibility index (Phi) is 3.15. The number of rotatable bonds is 3. The summed E-state index contributed by atoms with van der Waals surface area (Å²) in [5.74, 6) is 2.46. The van der Waals surface area contributed by atoms with Gasteiger partial charge in [0.25, 0.3) is 11.8 Å². The maximum absolute atomic E-state index is 5.74. The van der Waals surface area contributed by atoms with E-state index in [1.165, 1.54) is 36.1 Å². The first-order valence-electron chi connectivity index (χ1n) is 7.33. The molecule has 3 aromatic rings. The van der Waals surface area contributed by atoms with Crippen molar-refractivity contribution in [3.63, 3.8) is 0 Å². The van der Waals surface area contributed by atoms with E-state index in [1.807, 2.05) is 12.1 Å². The zero-order valence-corrected chi connectivity index (χ0v) is 12.7. The summed E-state index contributed by atoms with van der Waals surface area (Å²) < 4.78 is 11.0.